The van der Waals surface area contributed by atoms with E-state index in [1.165, 1.54) is 32.7 Å². The highest BCUT2D eigenvalue weighted by atomic mass is 32.1. The molecule has 0 unspecified atom stereocenters. The van der Waals surface area contributed by atoms with Gasteiger partial charge in [0.25, 0.3) is 5.91 Å². The molecule has 1 heterocycles. The van der Waals surface area contributed by atoms with Crippen molar-refractivity contribution in [1.82, 2.24) is 4.57 Å². The van der Waals surface area contributed by atoms with Crippen LogP contribution in [0.4, 0.5) is 0 Å². The number of fused-ring (bicyclic) bond motifs is 1. The van der Waals surface area contributed by atoms with Crippen molar-refractivity contribution in [2.45, 2.75) is 13.5 Å². The largest absolute Gasteiger partial charge is 0.493 e. The molecule has 0 bridgehead atoms. The minimum absolute atomic E-state index is 0.329. The van der Waals surface area contributed by atoms with Crippen molar-refractivity contribution in [2.75, 3.05) is 41.7 Å². The highest BCUT2D eigenvalue weighted by Gasteiger charge is 2.18. The zero-order chi connectivity index (χ0) is 22.4. The van der Waals surface area contributed by atoms with Gasteiger partial charge in [0.1, 0.15) is 11.3 Å². The van der Waals surface area contributed by atoms with E-state index in [2.05, 4.69) is 4.99 Å². The van der Waals surface area contributed by atoms with Gasteiger partial charge in [-0.25, -0.2) is 0 Å². The molecule has 0 N–H and O–H groups in total. The zero-order valence-electron chi connectivity index (χ0n) is 18.3. The number of aromatic nitrogens is 1. The first-order valence-corrected chi connectivity index (χ1v) is 10.5. The Balaban J connectivity index is 2.16. The first kappa shape index (κ1) is 22.6. The van der Waals surface area contributed by atoms with Crippen molar-refractivity contribution in [2.24, 2.45) is 4.99 Å². The highest BCUT2D eigenvalue weighted by molar-refractivity contribution is 7.16. The second-order valence-corrected chi connectivity index (χ2v) is 7.41. The Morgan fingerprint density at radius 2 is 1.74 bits per heavy atom. The fourth-order valence-corrected chi connectivity index (χ4v) is 4.27. The SMILES string of the molecule is CCOc1cccc2sc(=NC(=O)c3cc(OC)c(OC)c(OC)c3)n(CCOC)c12. The van der Waals surface area contributed by atoms with Gasteiger partial charge in [0, 0.05) is 19.2 Å². The molecule has 3 aromatic rings. The summed E-state index contributed by atoms with van der Waals surface area (Å²) in [6.07, 6.45) is 0. The molecule has 3 rings (SSSR count). The average Bonchev–Trinajstić information content (AvgIpc) is 3.14. The molecule has 0 atom stereocenters. The third-order valence-corrected chi connectivity index (χ3v) is 5.64. The van der Waals surface area contributed by atoms with E-state index in [1.54, 1.807) is 19.2 Å². The fourth-order valence-electron chi connectivity index (χ4n) is 3.20. The van der Waals surface area contributed by atoms with Gasteiger partial charge in [-0.3, -0.25) is 4.79 Å². The lowest BCUT2D eigenvalue weighted by molar-refractivity contribution is 0.0996. The Hall–Kier alpha value is -3.04. The molecule has 8 nitrogen and oxygen atoms in total. The molecule has 0 radical (unpaired) electrons. The third kappa shape index (κ3) is 4.67. The Kier molecular flexibility index (Phi) is 7.54. The van der Waals surface area contributed by atoms with Crippen LogP contribution in [0.15, 0.2) is 35.3 Å². The Morgan fingerprint density at radius 1 is 1.03 bits per heavy atom. The van der Waals surface area contributed by atoms with E-state index >= 15 is 0 Å². The highest BCUT2D eigenvalue weighted by Crippen LogP contribution is 2.38. The van der Waals surface area contributed by atoms with Crippen LogP contribution in [-0.4, -0.2) is 52.1 Å². The summed E-state index contributed by atoms with van der Waals surface area (Å²) < 4.78 is 30.0. The quantitative estimate of drug-likeness (QED) is 0.500. The van der Waals surface area contributed by atoms with Crippen molar-refractivity contribution in [3.63, 3.8) is 0 Å². The number of rotatable bonds is 9. The molecule has 0 fully saturated rings. The van der Waals surface area contributed by atoms with Crippen molar-refractivity contribution < 1.29 is 28.5 Å². The van der Waals surface area contributed by atoms with E-state index in [9.17, 15) is 4.79 Å². The predicted molar refractivity (Wildman–Crippen MR) is 119 cm³/mol. The molecule has 31 heavy (non-hydrogen) atoms. The predicted octanol–water partition coefficient (Wildman–Crippen LogP) is 3.51. The molecule has 1 aromatic heterocycles. The maximum atomic E-state index is 13.1. The monoisotopic (exact) mass is 446 g/mol. The van der Waals surface area contributed by atoms with Crippen LogP contribution in [-0.2, 0) is 11.3 Å². The summed E-state index contributed by atoms with van der Waals surface area (Å²) in [5.41, 5.74) is 1.22. The molecule has 166 valence electrons. The summed E-state index contributed by atoms with van der Waals surface area (Å²) in [6, 6.07) is 8.99. The lowest BCUT2D eigenvalue weighted by atomic mass is 10.1. The number of hydrogen-bond acceptors (Lipinski definition) is 7. The molecule has 2 aromatic carbocycles. The van der Waals surface area contributed by atoms with Gasteiger partial charge in [0.15, 0.2) is 16.3 Å². The smallest absolute Gasteiger partial charge is 0.279 e. The minimum atomic E-state index is -0.421. The Bertz CT molecular complexity index is 1110. The van der Waals surface area contributed by atoms with E-state index in [1.807, 2.05) is 29.7 Å². The van der Waals surface area contributed by atoms with Crippen molar-refractivity contribution in [3.8, 4) is 23.0 Å². The van der Waals surface area contributed by atoms with E-state index in [0.717, 1.165) is 16.0 Å². The number of thiazole rings is 1. The summed E-state index contributed by atoms with van der Waals surface area (Å²) in [4.78, 5) is 18.0. The van der Waals surface area contributed by atoms with Crippen molar-refractivity contribution in [1.29, 1.82) is 0 Å². The van der Waals surface area contributed by atoms with E-state index in [-0.39, 0.29) is 0 Å². The van der Waals surface area contributed by atoms with Gasteiger partial charge in [-0.05, 0) is 31.2 Å². The topological polar surface area (TPSA) is 80.5 Å². The number of methoxy groups -OCH3 is 4. The molecule has 0 aliphatic rings. The number of benzene rings is 2. The normalized spacial score (nSPS) is 11.6. The van der Waals surface area contributed by atoms with Crippen LogP contribution in [0.3, 0.4) is 0 Å². The van der Waals surface area contributed by atoms with Crippen LogP contribution in [0.25, 0.3) is 10.2 Å². The van der Waals surface area contributed by atoms with Crippen molar-refractivity contribution in [3.05, 3.63) is 40.7 Å². The van der Waals surface area contributed by atoms with Gasteiger partial charge >= 0.3 is 0 Å². The standard InChI is InChI=1S/C22H26N2O6S/c1-6-30-15-8-7-9-18-19(15)24(10-11-26-2)22(31-18)23-21(25)14-12-16(27-3)20(29-5)17(13-14)28-4/h7-9,12-13H,6,10-11H2,1-5H3. The van der Waals surface area contributed by atoms with E-state index in [0.29, 0.717) is 47.4 Å². The molecule has 0 aliphatic heterocycles. The molecule has 0 aliphatic carbocycles. The summed E-state index contributed by atoms with van der Waals surface area (Å²) >= 11 is 1.42. The summed E-state index contributed by atoms with van der Waals surface area (Å²) in [5, 5.41) is 0. The second-order valence-electron chi connectivity index (χ2n) is 6.40. The second kappa shape index (κ2) is 10.3. The molecule has 0 spiro atoms. The van der Waals surface area contributed by atoms with E-state index in [4.69, 9.17) is 23.7 Å². The first-order valence-electron chi connectivity index (χ1n) is 9.71. The summed E-state index contributed by atoms with van der Waals surface area (Å²) in [7, 11) is 6.15. The van der Waals surface area contributed by atoms with Crippen LogP contribution < -0.4 is 23.7 Å². The van der Waals surface area contributed by atoms with Gasteiger partial charge in [0.05, 0.1) is 39.2 Å². The Labute approximate surface area is 184 Å². The number of nitrogens with zero attached hydrogens (tertiary/aromatic N) is 2. The van der Waals surface area contributed by atoms with Gasteiger partial charge in [-0.1, -0.05) is 17.4 Å². The number of hydrogen-bond donors (Lipinski definition) is 0. The molecule has 0 saturated carbocycles. The molecule has 0 saturated heterocycles. The maximum Gasteiger partial charge on any atom is 0.279 e. The maximum absolute atomic E-state index is 13.1. The van der Waals surface area contributed by atoms with Crippen LogP contribution in [0.1, 0.15) is 17.3 Å². The average molecular weight is 447 g/mol. The molecule has 1 amide bonds. The number of carbonyl (C=O) groups excluding carboxylic acids is 1. The lowest BCUT2D eigenvalue weighted by Gasteiger charge is -2.13. The molecular formula is C22H26N2O6S. The molecular weight excluding hydrogens is 420 g/mol. The van der Waals surface area contributed by atoms with E-state index < -0.39 is 5.91 Å². The minimum Gasteiger partial charge on any atom is -0.493 e. The van der Waals surface area contributed by atoms with Gasteiger partial charge in [0.2, 0.25) is 5.75 Å². The van der Waals surface area contributed by atoms with Crippen molar-refractivity contribution >= 4 is 27.5 Å². The van der Waals surface area contributed by atoms with Crippen LogP contribution in [0.5, 0.6) is 23.0 Å². The zero-order valence-corrected chi connectivity index (χ0v) is 19.1. The van der Waals surface area contributed by atoms with Crippen LogP contribution in [0, 0.1) is 0 Å². The number of para-hydroxylation sites is 1. The van der Waals surface area contributed by atoms with Gasteiger partial charge < -0.3 is 28.3 Å². The van der Waals surface area contributed by atoms with Gasteiger partial charge in [-0.2, -0.15) is 4.99 Å². The number of carbonyl (C=O) groups is 1. The third-order valence-electron chi connectivity index (χ3n) is 4.59. The Morgan fingerprint density at radius 3 is 2.32 bits per heavy atom. The van der Waals surface area contributed by atoms with Gasteiger partial charge in [-0.15, -0.1) is 0 Å². The van der Waals surface area contributed by atoms with Crippen LogP contribution >= 0.6 is 11.3 Å². The first-order chi connectivity index (χ1) is 15.1. The van der Waals surface area contributed by atoms with Crippen LogP contribution in [0.2, 0.25) is 0 Å². The number of amides is 1. The fraction of sp³-hybridized carbons (Fsp3) is 0.364. The summed E-state index contributed by atoms with van der Waals surface area (Å²) in [5.74, 6) is 1.52. The number of ether oxygens (including phenoxy) is 5. The lowest BCUT2D eigenvalue weighted by Crippen LogP contribution is -2.19. The molecule has 9 heteroatoms. The summed E-state index contributed by atoms with van der Waals surface area (Å²) in [6.45, 7) is 3.47.